The van der Waals surface area contributed by atoms with Gasteiger partial charge in [-0.2, -0.15) is 0 Å². The van der Waals surface area contributed by atoms with Crippen molar-refractivity contribution < 1.29 is 4.79 Å². The molecule has 1 fully saturated rings. The average Bonchev–Trinajstić information content (AvgIpc) is 3.33. The molecule has 0 radical (unpaired) electrons. The fourth-order valence-corrected chi connectivity index (χ4v) is 5.97. The number of Topliss-reactive ketones (excluding diaryl/α,β-unsaturated/α-hetero) is 1. The fraction of sp³-hybridized carbons (Fsp3) is 0.214. The smallest absolute Gasteiger partial charge is 0.169 e. The van der Waals surface area contributed by atoms with Gasteiger partial charge in [0.2, 0.25) is 0 Å². The molecule has 3 atom stereocenters. The van der Waals surface area contributed by atoms with Crippen LogP contribution in [-0.2, 0) is 17.6 Å². The van der Waals surface area contributed by atoms with Crippen LogP contribution < -0.4 is 0 Å². The zero-order valence-electron chi connectivity index (χ0n) is 17.9. The number of para-hydroxylation sites is 1. The standard InChI is InChI=1S/C28H24N2OS/c1-2-17-12-14-18(15-13-17)24-27(31)23-16-21-20-10-6-7-11-22(20)29-25(21)26(30(23)28(24)32)19-8-4-3-5-9-19/h3-15,23-24,26,29H,2,16H2,1H3. The fourth-order valence-electron chi connectivity index (χ4n) is 5.48. The van der Waals surface area contributed by atoms with Gasteiger partial charge in [0.1, 0.15) is 0 Å². The van der Waals surface area contributed by atoms with Crippen LogP contribution in [0.4, 0.5) is 0 Å². The summed E-state index contributed by atoms with van der Waals surface area (Å²) < 4.78 is 0. The summed E-state index contributed by atoms with van der Waals surface area (Å²) in [4.78, 5) is 20.4. The normalized spacial score (nSPS) is 22.3. The molecule has 6 rings (SSSR count). The van der Waals surface area contributed by atoms with E-state index in [-0.39, 0.29) is 23.8 Å². The van der Waals surface area contributed by atoms with Gasteiger partial charge in [-0.1, -0.05) is 91.9 Å². The Hall–Kier alpha value is -3.24. The summed E-state index contributed by atoms with van der Waals surface area (Å²) in [6.45, 7) is 2.14. The summed E-state index contributed by atoms with van der Waals surface area (Å²) in [6.07, 6.45) is 1.67. The summed E-state index contributed by atoms with van der Waals surface area (Å²) in [5.41, 5.74) is 6.95. The van der Waals surface area contributed by atoms with Crippen LogP contribution in [0.3, 0.4) is 0 Å². The topological polar surface area (TPSA) is 36.1 Å². The minimum absolute atomic E-state index is 0.0892. The van der Waals surface area contributed by atoms with Crippen molar-refractivity contribution in [1.29, 1.82) is 0 Å². The lowest BCUT2D eigenvalue weighted by atomic mass is 9.87. The van der Waals surface area contributed by atoms with Crippen LogP contribution in [0.2, 0.25) is 0 Å². The molecule has 0 aliphatic carbocycles. The number of carbonyl (C=O) groups excluding carboxylic acids is 1. The minimum atomic E-state index is -0.359. The first kappa shape index (κ1) is 19.4. The van der Waals surface area contributed by atoms with Gasteiger partial charge in [-0.15, -0.1) is 0 Å². The van der Waals surface area contributed by atoms with Crippen molar-refractivity contribution in [3.05, 3.63) is 107 Å². The molecule has 2 aliphatic rings. The van der Waals surface area contributed by atoms with Gasteiger partial charge >= 0.3 is 0 Å². The van der Waals surface area contributed by atoms with Gasteiger partial charge in [-0.3, -0.25) is 4.79 Å². The number of nitrogens with one attached hydrogen (secondary N) is 1. The van der Waals surface area contributed by atoms with E-state index in [4.69, 9.17) is 12.2 Å². The number of benzene rings is 3. The molecule has 3 nitrogen and oxygen atoms in total. The average molecular weight is 437 g/mol. The number of fused-ring (bicyclic) bond motifs is 4. The molecule has 158 valence electrons. The molecule has 1 saturated heterocycles. The van der Waals surface area contributed by atoms with Crippen LogP contribution >= 0.6 is 12.2 Å². The van der Waals surface area contributed by atoms with Gasteiger partial charge in [-0.05, 0) is 34.7 Å². The molecule has 4 heteroatoms. The van der Waals surface area contributed by atoms with Crippen molar-refractivity contribution in [3.63, 3.8) is 0 Å². The number of aryl methyl sites for hydroxylation is 1. The number of aromatic nitrogens is 1. The summed E-state index contributed by atoms with van der Waals surface area (Å²) in [5.74, 6) is -0.140. The molecule has 1 N–H and O–H groups in total. The molecule has 4 aromatic rings. The van der Waals surface area contributed by atoms with Crippen LogP contribution in [0.1, 0.15) is 46.8 Å². The molecule has 0 amide bonds. The van der Waals surface area contributed by atoms with E-state index in [1.165, 1.54) is 16.5 Å². The molecule has 3 heterocycles. The molecule has 2 aliphatic heterocycles. The molecule has 0 spiro atoms. The third-order valence-electron chi connectivity index (χ3n) is 7.08. The van der Waals surface area contributed by atoms with Gasteiger partial charge in [0.15, 0.2) is 5.78 Å². The van der Waals surface area contributed by atoms with Crippen molar-refractivity contribution in [3.8, 4) is 0 Å². The van der Waals surface area contributed by atoms with Gasteiger partial charge < -0.3 is 9.88 Å². The van der Waals surface area contributed by atoms with E-state index in [2.05, 4.69) is 89.6 Å². The monoisotopic (exact) mass is 436 g/mol. The zero-order valence-corrected chi connectivity index (χ0v) is 18.7. The molecule has 3 unspecified atom stereocenters. The van der Waals surface area contributed by atoms with E-state index in [1.807, 2.05) is 6.07 Å². The van der Waals surface area contributed by atoms with Crippen molar-refractivity contribution in [2.24, 2.45) is 0 Å². The second kappa shape index (κ2) is 7.42. The Balaban J connectivity index is 1.51. The molecule has 1 aromatic heterocycles. The summed E-state index contributed by atoms with van der Waals surface area (Å²) in [5, 5.41) is 1.21. The molecule has 0 bridgehead atoms. The second-order valence-electron chi connectivity index (χ2n) is 8.77. The number of H-pyrrole nitrogens is 1. The van der Waals surface area contributed by atoms with E-state index in [9.17, 15) is 4.79 Å². The Labute approximate surface area is 193 Å². The Bertz CT molecular complexity index is 1340. The summed E-state index contributed by atoms with van der Waals surface area (Å²) >= 11 is 6.04. The van der Waals surface area contributed by atoms with E-state index in [0.717, 1.165) is 33.7 Å². The Morgan fingerprint density at radius 1 is 0.938 bits per heavy atom. The van der Waals surface area contributed by atoms with Crippen molar-refractivity contribution in [2.45, 2.75) is 37.8 Å². The molecule has 3 aromatic carbocycles. The SMILES string of the molecule is CCc1ccc(C2C(=O)C3Cc4c([nH]c5ccccc45)C(c4ccccc4)N3C2=S)cc1. The van der Waals surface area contributed by atoms with Crippen LogP contribution in [0.15, 0.2) is 78.9 Å². The van der Waals surface area contributed by atoms with Gasteiger partial charge in [0.25, 0.3) is 0 Å². The first-order valence-electron chi connectivity index (χ1n) is 11.3. The quantitative estimate of drug-likeness (QED) is 0.416. The van der Waals surface area contributed by atoms with Gasteiger partial charge in [0.05, 0.1) is 23.0 Å². The zero-order chi connectivity index (χ0) is 21.8. The predicted octanol–water partition coefficient (Wildman–Crippen LogP) is 5.74. The highest BCUT2D eigenvalue weighted by Gasteiger charge is 2.51. The highest BCUT2D eigenvalue weighted by molar-refractivity contribution is 7.80. The number of thiocarbonyl (C=S) groups is 1. The van der Waals surface area contributed by atoms with Gasteiger partial charge in [-0.25, -0.2) is 0 Å². The van der Waals surface area contributed by atoms with E-state index in [1.54, 1.807) is 0 Å². The molecular weight excluding hydrogens is 412 g/mol. The maximum atomic E-state index is 13.8. The molecule has 0 saturated carbocycles. The maximum Gasteiger partial charge on any atom is 0.169 e. The number of hydrogen-bond acceptors (Lipinski definition) is 2. The summed E-state index contributed by atoms with van der Waals surface area (Å²) in [6, 6.07) is 26.9. The van der Waals surface area contributed by atoms with Gasteiger partial charge in [0, 0.05) is 23.0 Å². The Kier molecular flexibility index (Phi) is 4.51. The Morgan fingerprint density at radius 3 is 2.41 bits per heavy atom. The van der Waals surface area contributed by atoms with Crippen LogP contribution in [0.5, 0.6) is 0 Å². The Morgan fingerprint density at radius 2 is 1.66 bits per heavy atom. The van der Waals surface area contributed by atoms with Crippen molar-refractivity contribution >= 4 is 33.9 Å². The van der Waals surface area contributed by atoms with E-state index < -0.39 is 0 Å². The lowest BCUT2D eigenvalue weighted by Crippen LogP contribution is -2.43. The minimum Gasteiger partial charge on any atom is -0.356 e. The van der Waals surface area contributed by atoms with Crippen molar-refractivity contribution in [1.82, 2.24) is 9.88 Å². The van der Waals surface area contributed by atoms with Crippen molar-refractivity contribution in [2.75, 3.05) is 0 Å². The summed E-state index contributed by atoms with van der Waals surface area (Å²) in [7, 11) is 0. The number of ketones is 1. The maximum absolute atomic E-state index is 13.8. The molecular formula is C28H24N2OS. The van der Waals surface area contributed by atoms with E-state index in [0.29, 0.717) is 6.42 Å². The number of carbonyl (C=O) groups is 1. The first-order valence-corrected chi connectivity index (χ1v) is 11.7. The highest BCUT2D eigenvalue weighted by atomic mass is 32.1. The third kappa shape index (κ3) is 2.79. The molecule has 32 heavy (non-hydrogen) atoms. The lowest BCUT2D eigenvalue weighted by Gasteiger charge is -2.38. The lowest BCUT2D eigenvalue weighted by molar-refractivity contribution is -0.121. The van der Waals surface area contributed by atoms with Crippen LogP contribution in [0, 0.1) is 0 Å². The largest absolute Gasteiger partial charge is 0.356 e. The number of hydrogen-bond donors (Lipinski definition) is 1. The number of aromatic amines is 1. The highest BCUT2D eigenvalue weighted by Crippen LogP contribution is 2.47. The third-order valence-corrected chi connectivity index (χ3v) is 7.53. The number of nitrogens with zero attached hydrogens (tertiary/aromatic N) is 1. The first-order chi connectivity index (χ1) is 15.7. The second-order valence-corrected chi connectivity index (χ2v) is 9.19. The number of rotatable bonds is 3. The van der Waals surface area contributed by atoms with Crippen LogP contribution in [0.25, 0.3) is 10.9 Å². The van der Waals surface area contributed by atoms with Crippen LogP contribution in [-0.4, -0.2) is 26.7 Å². The predicted molar refractivity (Wildman–Crippen MR) is 132 cm³/mol. The van der Waals surface area contributed by atoms with E-state index >= 15 is 0 Å².